The Hall–Kier alpha value is -0.950. The van der Waals surface area contributed by atoms with Crippen LogP contribution in [0.2, 0.25) is 0 Å². The first-order valence-corrected chi connectivity index (χ1v) is 7.95. The van der Waals surface area contributed by atoms with E-state index in [2.05, 4.69) is 49.1 Å². The maximum atomic E-state index is 4.58. The summed E-state index contributed by atoms with van der Waals surface area (Å²) < 4.78 is 7.42. The maximum Gasteiger partial charge on any atom is 0.205 e. The van der Waals surface area contributed by atoms with Crippen molar-refractivity contribution in [3.05, 3.63) is 22.7 Å². The second kappa shape index (κ2) is 5.20. The van der Waals surface area contributed by atoms with Crippen molar-refractivity contribution in [3.63, 3.8) is 0 Å². The van der Waals surface area contributed by atoms with Crippen LogP contribution in [-0.2, 0) is 6.54 Å². The van der Waals surface area contributed by atoms with Gasteiger partial charge in [-0.2, -0.15) is 9.47 Å². The molecule has 3 heterocycles. The molecule has 1 saturated heterocycles. The summed E-state index contributed by atoms with van der Waals surface area (Å²) in [6.07, 6.45) is 3.85. The van der Waals surface area contributed by atoms with Crippen molar-refractivity contribution >= 4 is 32.6 Å². The first-order valence-electron chi connectivity index (χ1n) is 6.38. The van der Waals surface area contributed by atoms with Gasteiger partial charge in [-0.1, -0.05) is 13.8 Å². The number of hydrogen-bond donors (Lipinski definition) is 0. The summed E-state index contributed by atoms with van der Waals surface area (Å²) >= 11 is 4.93. The van der Waals surface area contributed by atoms with E-state index in [0.29, 0.717) is 11.8 Å². The Bertz CT molecular complexity index is 558. The van der Waals surface area contributed by atoms with Gasteiger partial charge in [0.25, 0.3) is 0 Å². The van der Waals surface area contributed by atoms with Gasteiger partial charge in [-0.3, -0.25) is 4.68 Å². The summed E-state index contributed by atoms with van der Waals surface area (Å²) in [7, 11) is 0. The third kappa shape index (κ3) is 2.81. The molecule has 0 saturated carbocycles. The van der Waals surface area contributed by atoms with E-state index in [1.54, 1.807) is 0 Å². The molecule has 0 bridgehead atoms. The van der Waals surface area contributed by atoms with Crippen LogP contribution in [0, 0.1) is 5.92 Å². The minimum atomic E-state index is 0.406. The van der Waals surface area contributed by atoms with E-state index in [1.165, 1.54) is 11.5 Å². The van der Waals surface area contributed by atoms with Gasteiger partial charge in [-0.25, -0.2) is 4.98 Å². The van der Waals surface area contributed by atoms with Gasteiger partial charge in [0.05, 0.1) is 10.7 Å². The Morgan fingerprint density at radius 1 is 1.47 bits per heavy atom. The van der Waals surface area contributed by atoms with Crippen LogP contribution in [0.5, 0.6) is 0 Å². The lowest BCUT2D eigenvalue weighted by Crippen LogP contribution is -2.48. The molecular weight excluding hydrogens is 326 g/mol. The largest absolute Gasteiger partial charge is 0.346 e. The van der Waals surface area contributed by atoms with Gasteiger partial charge in [0, 0.05) is 49.2 Å². The molecule has 19 heavy (non-hydrogen) atoms. The maximum absolute atomic E-state index is 4.58. The van der Waals surface area contributed by atoms with Crippen LogP contribution in [0.15, 0.2) is 16.9 Å². The van der Waals surface area contributed by atoms with E-state index >= 15 is 0 Å². The second-order valence-corrected chi connectivity index (χ2v) is 6.89. The lowest BCUT2D eigenvalue weighted by Gasteiger charge is -2.38. The number of nitrogens with zero attached hydrogens (tertiary/aromatic N) is 5. The summed E-state index contributed by atoms with van der Waals surface area (Å²) in [5, 5.41) is 5.35. The van der Waals surface area contributed by atoms with Gasteiger partial charge in [0.2, 0.25) is 5.13 Å². The number of rotatable bonds is 4. The molecule has 2 aromatic heterocycles. The zero-order valence-electron chi connectivity index (χ0n) is 11.0. The topological polar surface area (TPSA) is 46.8 Å². The van der Waals surface area contributed by atoms with Crippen molar-refractivity contribution < 1.29 is 0 Å². The van der Waals surface area contributed by atoms with E-state index in [-0.39, 0.29) is 0 Å². The second-order valence-electron chi connectivity index (χ2n) is 5.24. The van der Waals surface area contributed by atoms with Crippen molar-refractivity contribution in [1.82, 2.24) is 19.1 Å². The lowest BCUT2D eigenvalue weighted by molar-refractivity contribution is 0.342. The highest BCUT2D eigenvalue weighted by atomic mass is 79.9. The summed E-state index contributed by atoms with van der Waals surface area (Å²) in [4.78, 5) is 6.88. The molecule has 7 heteroatoms. The Morgan fingerprint density at radius 3 is 2.84 bits per heavy atom. The molecule has 0 radical (unpaired) electrons. The number of hydrogen-bond acceptors (Lipinski definition) is 5. The molecule has 0 unspecified atom stereocenters. The van der Waals surface area contributed by atoms with Crippen LogP contribution in [-0.4, -0.2) is 32.2 Å². The minimum absolute atomic E-state index is 0.406. The zero-order valence-corrected chi connectivity index (χ0v) is 13.4. The van der Waals surface area contributed by atoms with Crippen molar-refractivity contribution in [3.8, 4) is 0 Å². The van der Waals surface area contributed by atoms with E-state index < -0.39 is 0 Å². The first-order chi connectivity index (χ1) is 9.11. The highest BCUT2D eigenvalue weighted by Gasteiger charge is 2.29. The molecule has 3 rings (SSSR count). The number of halogens is 1. The van der Waals surface area contributed by atoms with Crippen LogP contribution in [0.1, 0.15) is 25.6 Å². The fourth-order valence-electron chi connectivity index (χ4n) is 2.13. The van der Waals surface area contributed by atoms with Gasteiger partial charge in [0.15, 0.2) is 0 Å². The summed E-state index contributed by atoms with van der Waals surface area (Å²) in [5.41, 5.74) is 0. The summed E-state index contributed by atoms with van der Waals surface area (Å²) in [6, 6.07) is 0. The Morgan fingerprint density at radius 2 is 2.26 bits per heavy atom. The Kier molecular flexibility index (Phi) is 3.58. The highest BCUT2D eigenvalue weighted by Crippen LogP contribution is 2.28. The first kappa shape index (κ1) is 13.1. The summed E-state index contributed by atoms with van der Waals surface area (Å²) in [6.45, 7) is 7.31. The van der Waals surface area contributed by atoms with E-state index in [0.717, 1.165) is 35.1 Å². The van der Waals surface area contributed by atoms with Gasteiger partial charge in [-0.05, 0) is 15.9 Å². The standard InChI is InChI=1S/C12H16BrN5S/c1-8(2)11-15-12(19-16-11)17-4-9(5-17)6-18-7-10(13)3-14-18/h3,7-9H,4-6H2,1-2H3. The average molecular weight is 342 g/mol. The summed E-state index contributed by atoms with van der Waals surface area (Å²) in [5.74, 6) is 2.01. The van der Waals surface area contributed by atoms with Gasteiger partial charge in [0.1, 0.15) is 5.82 Å². The van der Waals surface area contributed by atoms with Crippen molar-refractivity contribution in [2.75, 3.05) is 18.0 Å². The SMILES string of the molecule is CC(C)c1nsc(N2CC(Cn3cc(Br)cn3)C2)n1. The Balaban J connectivity index is 1.54. The van der Waals surface area contributed by atoms with E-state index in [4.69, 9.17) is 0 Å². The third-order valence-electron chi connectivity index (χ3n) is 3.22. The van der Waals surface area contributed by atoms with Gasteiger partial charge < -0.3 is 4.90 Å². The highest BCUT2D eigenvalue weighted by molar-refractivity contribution is 9.10. The molecule has 0 aliphatic carbocycles. The van der Waals surface area contributed by atoms with Gasteiger partial charge in [-0.15, -0.1) is 0 Å². The molecule has 0 amide bonds. The smallest absolute Gasteiger partial charge is 0.205 e. The fourth-order valence-corrected chi connectivity index (χ4v) is 3.29. The van der Waals surface area contributed by atoms with Crippen molar-refractivity contribution in [1.29, 1.82) is 0 Å². The van der Waals surface area contributed by atoms with Crippen LogP contribution in [0.4, 0.5) is 5.13 Å². The van der Waals surface area contributed by atoms with Crippen LogP contribution < -0.4 is 4.90 Å². The predicted octanol–water partition coefficient (Wildman–Crippen LogP) is 2.76. The number of anilines is 1. The van der Waals surface area contributed by atoms with Gasteiger partial charge >= 0.3 is 0 Å². The Labute approximate surface area is 124 Å². The quantitative estimate of drug-likeness (QED) is 0.857. The molecule has 1 aliphatic rings. The van der Waals surface area contributed by atoms with Crippen LogP contribution >= 0.6 is 27.5 Å². The molecule has 5 nitrogen and oxygen atoms in total. The third-order valence-corrected chi connectivity index (χ3v) is 4.42. The predicted molar refractivity (Wildman–Crippen MR) is 79.6 cm³/mol. The molecule has 2 aromatic rings. The molecule has 102 valence electrons. The van der Waals surface area contributed by atoms with Crippen molar-refractivity contribution in [2.24, 2.45) is 5.92 Å². The zero-order chi connectivity index (χ0) is 13.4. The van der Waals surface area contributed by atoms with Crippen LogP contribution in [0.3, 0.4) is 0 Å². The average Bonchev–Trinajstić information content (AvgIpc) is 2.91. The molecular formula is C12H16BrN5S. The molecule has 1 fully saturated rings. The number of aromatic nitrogens is 4. The molecule has 0 N–H and O–H groups in total. The van der Waals surface area contributed by atoms with E-state index in [9.17, 15) is 0 Å². The molecule has 0 atom stereocenters. The molecule has 0 spiro atoms. The van der Waals surface area contributed by atoms with E-state index in [1.807, 2.05) is 17.1 Å². The fraction of sp³-hybridized carbons (Fsp3) is 0.583. The monoisotopic (exact) mass is 341 g/mol. The minimum Gasteiger partial charge on any atom is -0.346 e. The lowest BCUT2D eigenvalue weighted by atomic mass is 10.0. The van der Waals surface area contributed by atoms with Crippen molar-refractivity contribution in [2.45, 2.75) is 26.3 Å². The normalized spacial score (nSPS) is 16.1. The molecule has 1 aliphatic heterocycles. The van der Waals surface area contributed by atoms with Crippen LogP contribution in [0.25, 0.3) is 0 Å². The molecule has 0 aromatic carbocycles.